The second-order valence-electron chi connectivity index (χ2n) is 3.32. The number of nitrogens with one attached hydrogen (secondary N) is 1. The van der Waals surface area contributed by atoms with Gasteiger partial charge in [-0.3, -0.25) is 0 Å². The molecule has 0 aromatic heterocycles. The topological polar surface area (TPSA) is 85.7 Å². The van der Waals surface area contributed by atoms with E-state index in [1.807, 2.05) is 24.3 Å². The lowest BCUT2D eigenvalue weighted by atomic mass is 10.1. The highest BCUT2D eigenvalue weighted by Gasteiger charge is 2.01. The number of aliphatic imine (C=N–C) groups is 1. The molecule has 0 spiro atoms. The summed E-state index contributed by atoms with van der Waals surface area (Å²) in [4.78, 5) is 3.71. The Kier molecular flexibility index (Phi) is 5.22. The van der Waals surface area contributed by atoms with E-state index in [-0.39, 0.29) is 11.1 Å². The molecule has 1 aromatic carbocycles. The number of benzene rings is 1. The van der Waals surface area contributed by atoms with Crippen molar-refractivity contribution in [2.75, 3.05) is 13.7 Å². The Labute approximate surface area is 106 Å². The highest BCUT2D eigenvalue weighted by Crippen LogP contribution is 2.16. The summed E-state index contributed by atoms with van der Waals surface area (Å²) in [5.41, 5.74) is 11.9. The van der Waals surface area contributed by atoms with Crippen LogP contribution in [0.1, 0.15) is 5.56 Å². The quantitative estimate of drug-likeness (QED) is 0.410. The zero-order valence-electron chi connectivity index (χ0n) is 9.64. The number of hydrogen-bond donors (Lipinski definition) is 3. The average Bonchev–Trinajstić information content (AvgIpc) is 2.28. The molecule has 92 valence electrons. The number of thiocarbonyl (C=S) groups is 1. The second kappa shape index (κ2) is 6.70. The van der Waals surface area contributed by atoms with E-state index < -0.39 is 0 Å². The summed E-state index contributed by atoms with van der Waals surface area (Å²) in [5, 5.41) is 2.94. The first kappa shape index (κ1) is 13.2. The molecule has 6 heteroatoms. The first-order chi connectivity index (χ1) is 8.13. The third-order valence-electron chi connectivity index (χ3n) is 2.12. The zero-order chi connectivity index (χ0) is 12.7. The molecule has 5 N–H and O–H groups in total. The average molecular weight is 252 g/mol. The van der Waals surface area contributed by atoms with Crippen LogP contribution in [0.4, 0.5) is 0 Å². The van der Waals surface area contributed by atoms with E-state index in [0.29, 0.717) is 6.54 Å². The van der Waals surface area contributed by atoms with Crippen LogP contribution in [0.5, 0.6) is 5.75 Å². The normalized spacial score (nSPS) is 11.0. The number of nitrogens with two attached hydrogens (primary N) is 2. The summed E-state index contributed by atoms with van der Waals surface area (Å²) >= 11 is 4.61. The fourth-order valence-corrected chi connectivity index (χ4v) is 1.49. The maximum atomic E-state index is 5.55. The van der Waals surface area contributed by atoms with Crippen LogP contribution in [-0.4, -0.2) is 24.7 Å². The molecular weight excluding hydrogens is 236 g/mol. The summed E-state index contributed by atoms with van der Waals surface area (Å²) in [5.74, 6) is 1.09. The highest BCUT2D eigenvalue weighted by atomic mass is 32.1. The van der Waals surface area contributed by atoms with E-state index in [2.05, 4.69) is 22.5 Å². The molecule has 0 aliphatic rings. The third kappa shape index (κ3) is 4.69. The number of hydrogen-bond acceptors (Lipinski definition) is 2. The maximum Gasteiger partial charge on any atom is 0.196 e. The molecule has 0 amide bonds. The molecule has 0 atom stereocenters. The van der Waals surface area contributed by atoms with Gasteiger partial charge >= 0.3 is 0 Å². The van der Waals surface area contributed by atoms with E-state index in [4.69, 9.17) is 16.2 Å². The van der Waals surface area contributed by atoms with Crippen molar-refractivity contribution in [1.29, 1.82) is 0 Å². The first-order valence-electron chi connectivity index (χ1n) is 5.13. The standard InChI is InChI=1S/C11H16N4OS/c1-16-9-5-3-2-4-8(9)6-7-14-10(12)15-11(13)17/h2-5H,6-7H2,1H3,(H5,12,13,14,15,17). The lowest BCUT2D eigenvalue weighted by Gasteiger charge is -2.09. The summed E-state index contributed by atoms with van der Waals surface area (Å²) < 4.78 is 5.24. The summed E-state index contributed by atoms with van der Waals surface area (Å²) in [6.45, 7) is 0.637. The Morgan fingerprint density at radius 2 is 2.12 bits per heavy atom. The van der Waals surface area contributed by atoms with Gasteiger partial charge in [-0.05, 0) is 30.3 Å². The van der Waals surface area contributed by atoms with E-state index in [1.54, 1.807) is 7.11 Å². The van der Waals surface area contributed by atoms with Crippen molar-refractivity contribution in [3.8, 4) is 5.75 Å². The van der Waals surface area contributed by atoms with E-state index in [1.165, 1.54) is 0 Å². The lowest BCUT2D eigenvalue weighted by Crippen LogP contribution is -2.34. The molecule has 17 heavy (non-hydrogen) atoms. The van der Waals surface area contributed by atoms with Gasteiger partial charge in [0.15, 0.2) is 11.1 Å². The van der Waals surface area contributed by atoms with Crippen LogP contribution < -0.4 is 21.5 Å². The van der Waals surface area contributed by atoms with Gasteiger partial charge in [0.05, 0.1) is 7.11 Å². The molecular formula is C11H16N4OS. The van der Waals surface area contributed by atoms with Crippen molar-refractivity contribution in [3.05, 3.63) is 29.8 Å². The van der Waals surface area contributed by atoms with Gasteiger partial charge < -0.3 is 21.5 Å². The van der Waals surface area contributed by atoms with Gasteiger partial charge in [0.1, 0.15) is 5.75 Å². The fourth-order valence-electron chi connectivity index (χ4n) is 1.39. The Balaban J connectivity index is 2.48. The molecule has 0 aliphatic carbocycles. The molecule has 0 saturated carbocycles. The van der Waals surface area contributed by atoms with Crippen molar-refractivity contribution >= 4 is 23.3 Å². The fraction of sp³-hybridized carbons (Fsp3) is 0.273. The summed E-state index contributed by atoms with van der Waals surface area (Å²) in [7, 11) is 1.65. The highest BCUT2D eigenvalue weighted by molar-refractivity contribution is 7.80. The van der Waals surface area contributed by atoms with Crippen molar-refractivity contribution in [2.45, 2.75) is 6.42 Å². The molecule has 1 aromatic rings. The molecule has 0 heterocycles. The van der Waals surface area contributed by atoms with Crippen LogP contribution in [0, 0.1) is 0 Å². The van der Waals surface area contributed by atoms with Crippen LogP contribution in [0.3, 0.4) is 0 Å². The van der Waals surface area contributed by atoms with E-state index >= 15 is 0 Å². The maximum absolute atomic E-state index is 5.55. The molecule has 5 nitrogen and oxygen atoms in total. The van der Waals surface area contributed by atoms with Gasteiger partial charge in [0, 0.05) is 6.54 Å². The summed E-state index contributed by atoms with van der Waals surface area (Å²) in [6, 6.07) is 7.81. The van der Waals surface area contributed by atoms with Crippen LogP contribution in [0.15, 0.2) is 29.3 Å². The third-order valence-corrected chi connectivity index (χ3v) is 2.21. The predicted octanol–water partition coefficient (Wildman–Crippen LogP) is 0.386. The van der Waals surface area contributed by atoms with Gasteiger partial charge in [-0.25, -0.2) is 0 Å². The minimum absolute atomic E-state index is 0.0206. The number of methoxy groups -OCH3 is 1. The van der Waals surface area contributed by atoms with Gasteiger partial charge in [-0.2, -0.15) is 4.99 Å². The van der Waals surface area contributed by atoms with Crippen molar-refractivity contribution in [2.24, 2.45) is 16.5 Å². The lowest BCUT2D eigenvalue weighted by molar-refractivity contribution is 0.409. The molecule has 0 saturated heterocycles. The molecule has 0 radical (unpaired) electrons. The second-order valence-corrected chi connectivity index (χ2v) is 3.74. The molecule has 0 unspecified atom stereocenters. The Morgan fingerprint density at radius 3 is 2.76 bits per heavy atom. The van der Waals surface area contributed by atoms with Crippen molar-refractivity contribution in [3.63, 3.8) is 0 Å². The minimum atomic E-state index is 0.0206. The predicted molar refractivity (Wildman–Crippen MR) is 73.1 cm³/mol. The number of para-hydroxylation sites is 1. The monoisotopic (exact) mass is 252 g/mol. The number of guanidine groups is 1. The molecule has 0 bridgehead atoms. The van der Waals surface area contributed by atoms with Crippen LogP contribution in [-0.2, 0) is 6.42 Å². The van der Waals surface area contributed by atoms with E-state index in [9.17, 15) is 0 Å². The van der Waals surface area contributed by atoms with Gasteiger partial charge in [-0.1, -0.05) is 18.2 Å². The van der Waals surface area contributed by atoms with Crippen LogP contribution >= 0.6 is 12.2 Å². The number of rotatable bonds is 4. The van der Waals surface area contributed by atoms with Gasteiger partial charge in [0.25, 0.3) is 0 Å². The Bertz CT molecular complexity index is 420. The SMILES string of the molecule is COc1ccccc1CCN/C(N)=N/C(N)=S. The summed E-state index contributed by atoms with van der Waals surface area (Å²) in [6.07, 6.45) is 0.775. The minimum Gasteiger partial charge on any atom is -0.496 e. The van der Waals surface area contributed by atoms with E-state index in [0.717, 1.165) is 17.7 Å². The Morgan fingerprint density at radius 1 is 1.41 bits per heavy atom. The number of ether oxygens (including phenoxy) is 1. The molecule has 0 fully saturated rings. The zero-order valence-corrected chi connectivity index (χ0v) is 10.5. The largest absolute Gasteiger partial charge is 0.496 e. The van der Waals surface area contributed by atoms with Crippen molar-refractivity contribution < 1.29 is 4.74 Å². The molecule has 1 rings (SSSR count). The smallest absolute Gasteiger partial charge is 0.196 e. The van der Waals surface area contributed by atoms with Crippen molar-refractivity contribution in [1.82, 2.24) is 5.32 Å². The molecule has 0 aliphatic heterocycles. The Hall–Kier alpha value is -1.82. The van der Waals surface area contributed by atoms with Gasteiger partial charge in [-0.15, -0.1) is 0 Å². The van der Waals surface area contributed by atoms with Crippen LogP contribution in [0.25, 0.3) is 0 Å². The van der Waals surface area contributed by atoms with Gasteiger partial charge in [0.2, 0.25) is 0 Å². The number of nitrogens with zero attached hydrogens (tertiary/aromatic N) is 1. The van der Waals surface area contributed by atoms with Crippen LogP contribution in [0.2, 0.25) is 0 Å². The first-order valence-corrected chi connectivity index (χ1v) is 5.53.